The predicted octanol–water partition coefficient (Wildman–Crippen LogP) is 1.50. The Kier molecular flexibility index (Phi) is 3.52. The summed E-state index contributed by atoms with van der Waals surface area (Å²) in [6, 6.07) is 4.56. The van der Waals surface area contributed by atoms with Gasteiger partial charge in [0.05, 0.1) is 11.4 Å². The molecule has 4 nitrogen and oxygen atoms in total. The third-order valence-corrected chi connectivity index (χ3v) is 3.71. The zero-order valence-electron chi connectivity index (χ0n) is 11.0. The van der Waals surface area contributed by atoms with Gasteiger partial charge in [0, 0.05) is 13.1 Å². The molecule has 1 aliphatic heterocycles. The van der Waals surface area contributed by atoms with E-state index in [2.05, 4.69) is 28.9 Å². The van der Waals surface area contributed by atoms with E-state index in [9.17, 15) is 0 Å². The second-order valence-electron chi connectivity index (χ2n) is 4.99. The number of likely N-dealkylation sites (tertiary alicyclic amines) is 1. The standard InChI is InChI=1S/C13H22N4/c1-10-12(14)4-5-13(15-10)17(3)11-6-8-16(2)9-7-11/h4-5,11H,6-9,14H2,1-3H3. The molecule has 0 saturated carbocycles. The first-order chi connectivity index (χ1) is 8.08. The molecule has 1 aromatic rings. The summed E-state index contributed by atoms with van der Waals surface area (Å²) in [4.78, 5) is 9.23. The molecule has 1 saturated heterocycles. The maximum Gasteiger partial charge on any atom is 0.128 e. The lowest BCUT2D eigenvalue weighted by atomic mass is 10.0. The number of hydrogen-bond acceptors (Lipinski definition) is 4. The quantitative estimate of drug-likeness (QED) is 0.842. The third-order valence-electron chi connectivity index (χ3n) is 3.71. The first kappa shape index (κ1) is 12.2. The molecular weight excluding hydrogens is 212 g/mol. The largest absolute Gasteiger partial charge is 0.397 e. The monoisotopic (exact) mass is 234 g/mol. The van der Waals surface area contributed by atoms with Gasteiger partial charge in [0.25, 0.3) is 0 Å². The van der Waals surface area contributed by atoms with Gasteiger partial charge in [-0.2, -0.15) is 0 Å². The second kappa shape index (κ2) is 4.92. The number of nitrogens with zero attached hydrogens (tertiary/aromatic N) is 3. The van der Waals surface area contributed by atoms with E-state index in [1.165, 1.54) is 25.9 Å². The van der Waals surface area contributed by atoms with Crippen LogP contribution < -0.4 is 10.6 Å². The number of rotatable bonds is 2. The number of anilines is 2. The van der Waals surface area contributed by atoms with Crippen molar-refractivity contribution in [2.75, 3.05) is 37.8 Å². The number of hydrogen-bond donors (Lipinski definition) is 1. The van der Waals surface area contributed by atoms with Crippen LogP contribution in [0.15, 0.2) is 12.1 Å². The fraction of sp³-hybridized carbons (Fsp3) is 0.615. The van der Waals surface area contributed by atoms with Crippen LogP contribution in [-0.4, -0.2) is 43.1 Å². The van der Waals surface area contributed by atoms with Crippen LogP contribution in [0.3, 0.4) is 0 Å². The maximum atomic E-state index is 5.80. The molecule has 2 rings (SSSR count). The highest BCUT2D eigenvalue weighted by Gasteiger charge is 2.21. The highest BCUT2D eigenvalue weighted by Crippen LogP contribution is 2.21. The normalized spacial score (nSPS) is 18.3. The first-order valence-corrected chi connectivity index (χ1v) is 6.22. The minimum atomic E-state index is 0.599. The Hall–Kier alpha value is -1.29. The molecule has 1 aliphatic rings. The van der Waals surface area contributed by atoms with Gasteiger partial charge in [-0.1, -0.05) is 0 Å². The third kappa shape index (κ3) is 2.69. The lowest BCUT2D eigenvalue weighted by Gasteiger charge is -2.35. The molecule has 0 atom stereocenters. The van der Waals surface area contributed by atoms with Crippen LogP contribution in [-0.2, 0) is 0 Å². The smallest absolute Gasteiger partial charge is 0.128 e. The van der Waals surface area contributed by atoms with Gasteiger partial charge in [0.2, 0.25) is 0 Å². The van der Waals surface area contributed by atoms with Crippen LogP contribution in [0.5, 0.6) is 0 Å². The van der Waals surface area contributed by atoms with Crippen molar-refractivity contribution in [2.45, 2.75) is 25.8 Å². The Morgan fingerprint density at radius 1 is 1.35 bits per heavy atom. The first-order valence-electron chi connectivity index (χ1n) is 6.22. The molecule has 0 bridgehead atoms. The summed E-state index contributed by atoms with van der Waals surface area (Å²) in [7, 11) is 4.32. The van der Waals surface area contributed by atoms with E-state index < -0.39 is 0 Å². The summed E-state index contributed by atoms with van der Waals surface area (Å²) in [6.07, 6.45) is 2.41. The van der Waals surface area contributed by atoms with Gasteiger partial charge in [-0.3, -0.25) is 0 Å². The molecule has 94 valence electrons. The number of nitrogen functional groups attached to an aromatic ring is 1. The highest BCUT2D eigenvalue weighted by atomic mass is 15.2. The summed E-state index contributed by atoms with van der Waals surface area (Å²) >= 11 is 0. The van der Waals surface area contributed by atoms with Crippen LogP contribution in [0.2, 0.25) is 0 Å². The van der Waals surface area contributed by atoms with Crippen molar-refractivity contribution in [1.82, 2.24) is 9.88 Å². The van der Waals surface area contributed by atoms with Crippen molar-refractivity contribution in [2.24, 2.45) is 0 Å². The van der Waals surface area contributed by atoms with Crippen LogP contribution in [0.25, 0.3) is 0 Å². The Bertz CT molecular complexity index is 383. The number of piperidine rings is 1. The summed E-state index contributed by atoms with van der Waals surface area (Å²) in [5, 5.41) is 0. The second-order valence-corrected chi connectivity index (χ2v) is 4.99. The molecule has 1 fully saturated rings. The van der Waals surface area contributed by atoms with Gasteiger partial charge in [-0.05, 0) is 52.0 Å². The molecule has 0 aliphatic carbocycles. The molecule has 1 aromatic heterocycles. The molecule has 4 heteroatoms. The van der Waals surface area contributed by atoms with Crippen LogP contribution in [0.4, 0.5) is 11.5 Å². The highest BCUT2D eigenvalue weighted by molar-refractivity contribution is 5.50. The van der Waals surface area contributed by atoms with Gasteiger partial charge in [-0.15, -0.1) is 0 Å². The minimum Gasteiger partial charge on any atom is -0.397 e. The van der Waals surface area contributed by atoms with E-state index in [1.807, 2.05) is 19.1 Å². The van der Waals surface area contributed by atoms with Gasteiger partial charge < -0.3 is 15.5 Å². The van der Waals surface area contributed by atoms with Crippen molar-refractivity contribution in [3.05, 3.63) is 17.8 Å². The summed E-state index contributed by atoms with van der Waals surface area (Å²) in [5.41, 5.74) is 7.49. The Morgan fingerprint density at radius 2 is 2.00 bits per heavy atom. The molecule has 0 aromatic carbocycles. The van der Waals surface area contributed by atoms with E-state index in [0.717, 1.165) is 17.2 Å². The van der Waals surface area contributed by atoms with E-state index in [1.54, 1.807) is 0 Å². The van der Waals surface area contributed by atoms with Gasteiger partial charge >= 0.3 is 0 Å². The van der Waals surface area contributed by atoms with E-state index in [-0.39, 0.29) is 0 Å². The number of nitrogens with two attached hydrogens (primary N) is 1. The van der Waals surface area contributed by atoms with Crippen LogP contribution in [0, 0.1) is 6.92 Å². The maximum absolute atomic E-state index is 5.80. The van der Waals surface area contributed by atoms with Crippen molar-refractivity contribution < 1.29 is 0 Å². The van der Waals surface area contributed by atoms with E-state index in [0.29, 0.717) is 6.04 Å². The average Bonchev–Trinajstić information content (AvgIpc) is 2.33. The lowest BCUT2D eigenvalue weighted by Crippen LogP contribution is -2.42. The van der Waals surface area contributed by atoms with Gasteiger partial charge in [0.15, 0.2) is 0 Å². The zero-order valence-corrected chi connectivity index (χ0v) is 11.0. The molecule has 2 heterocycles. The van der Waals surface area contributed by atoms with E-state index in [4.69, 9.17) is 5.73 Å². The lowest BCUT2D eigenvalue weighted by molar-refractivity contribution is 0.252. The summed E-state index contributed by atoms with van der Waals surface area (Å²) < 4.78 is 0. The molecule has 0 unspecified atom stereocenters. The average molecular weight is 234 g/mol. The van der Waals surface area contributed by atoms with Crippen molar-refractivity contribution in [1.29, 1.82) is 0 Å². The fourth-order valence-corrected chi connectivity index (χ4v) is 2.32. The molecule has 0 spiro atoms. The Labute approximate surface area is 103 Å². The fourth-order valence-electron chi connectivity index (χ4n) is 2.32. The van der Waals surface area contributed by atoms with E-state index >= 15 is 0 Å². The van der Waals surface area contributed by atoms with Crippen molar-refractivity contribution in [3.8, 4) is 0 Å². The Balaban J connectivity index is 2.08. The predicted molar refractivity (Wildman–Crippen MR) is 72.3 cm³/mol. The number of aryl methyl sites for hydroxylation is 1. The molecule has 17 heavy (non-hydrogen) atoms. The Morgan fingerprint density at radius 3 is 2.59 bits per heavy atom. The summed E-state index contributed by atoms with van der Waals surface area (Å²) in [6.45, 7) is 4.30. The zero-order chi connectivity index (χ0) is 12.4. The molecule has 2 N–H and O–H groups in total. The van der Waals surface area contributed by atoms with Crippen molar-refractivity contribution in [3.63, 3.8) is 0 Å². The topological polar surface area (TPSA) is 45.4 Å². The van der Waals surface area contributed by atoms with Gasteiger partial charge in [-0.25, -0.2) is 4.98 Å². The van der Waals surface area contributed by atoms with Gasteiger partial charge in [0.1, 0.15) is 5.82 Å². The SMILES string of the molecule is Cc1nc(N(C)C2CCN(C)CC2)ccc1N. The summed E-state index contributed by atoms with van der Waals surface area (Å²) in [5.74, 6) is 1.03. The molecule has 0 radical (unpaired) electrons. The minimum absolute atomic E-state index is 0.599. The molecular formula is C13H22N4. The van der Waals surface area contributed by atoms with Crippen LogP contribution in [0.1, 0.15) is 18.5 Å². The van der Waals surface area contributed by atoms with Crippen LogP contribution >= 0.6 is 0 Å². The number of aromatic nitrogens is 1. The molecule has 0 amide bonds. The number of pyridine rings is 1. The van der Waals surface area contributed by atoms with Crippen molar-refractivity contribution >= 4 is 11.5 Å².